The van der Waals surface area contributed by atoms with Crippen molar-refractivity contribution in [2.75, 3.05) is 11.9 Å². The lowest BCUT2D eigenvalue weighted by atomic mass is 10.0. The summed E-state index contributed by atoms with van der Waals surface area (Å²) < 4.78 is 0. The maximum Gasteiger partial charge on any atom is 0.145 e. The van der Waals surface area contributed by atoms with Gasteiger partial charge in [0.25, 0.3) is 0 Å². The Hall–Kier alpha value is -2.41. The van der Waals surface area contributed by atoms with Gasteiger partial charge in [-0.1, -0.05) is 26.0 Å². The molecule has 0 saturated heterocycles. The summed E-state index contributed by atoms with van der Waals surface area (Å²) in [5, 5.41) is 8.88. The minimum Gasteiger partial charge on any atom is -0.329 e. The molecule has 0 atom stereocenters. The minimum absolute atomic E-state index is 0.373. The Morgan fingerprint density at radius 1 is 1.20 bits per heavy atom. The minimum atomic E-state index is 0.373. The predicted molar refractivity (Wildman–Crippen MR) is 79.8 cm³/mol. The van der Waals surface area contributed by atoms with Crippen LogP contribution in [0.1, 0.15) is 25.1 Å². The van der Waals surface area contributed by atoms with Gasteiger partial charge >= 0.3 is 0 Å². The standard InChI is InChI=1S/C16H18N4/c1-12(2)8-13-4-6-15(7-5-13)20(3)16-9-14(10-17)18-11-19-16/h4-7,9,11-12H,8H2,1-3H3. The second-order valence-electron chi connectivity index (χ2n) is 5.20. The van der Waals surface area contributed by atoms with Crippen LogP contribution in [0.2, 0.25) is 0 Å². The van der Waals surface area contributed by atoms with Gasteiger partial charge in [0, 0.05) is 18.8 Å². The third kappa shape index (κ3) is 3.33. The highest BCUT2D eigenvalue weighted by atomic mass is 15.2. The van der Waals surface area contributed by atoms with Crippen LogP contribution in [-0.4, -0.2) is 17.0 Å². The van der Waals surface area contributed by atoms with Crippen LogP contribution in [-0.2, 0) is 6.42 Å². The van der Waals surface area contributed by atoms with E-state index in [1.807, 2.05) is 18.0 Å². The number of rotatable bonds is 4. The lowest BCUT2D eigenvalue weighted by Gasteiger charge is -2.18. The quantitative estimate of drug-likeness (QED) is 0.852. The molecular weight excluding hydrogens is 248 g/mol. The van der Waals surface area contributed by atoms with E-state index in [4.69, 9.17) is 5.26 Å². The maximum atomic E-state index is 8.88. The van der Waals surface area contributed by atoms with Crippen LogP contribution in [0.4, 0.5) is 11.5 Å². The third-order valence-corrected chi connectivity index (χ3v) is 3.08. The molecule has 0 fully saturated rings. The van der Waals surface area contributed by atoms with E-state index in [-0.39, 0.29) is 0 Å². The van der Waals surface area contributed by atoms with Gasteiger partial charge in [0.05, 0.1) is 0 Å². The second-order valence-corrected chi connectivity index (χ2v) is 5.20. The van der Waals surface area contributed by atoms with Crippen LogP contribution in [0, 0.1) is 17.2 Å². The van der Waals surface area contributed by atoms with Crippen molar-refractivity contribution in [2.24, 2.45) is 5.92 Å². The van der Waals surface area contributed by atoms with Crippen LogP contribution in [0.5, 0.6) is 0 Å². The lowest BCUT2D eigenvalue weighted by Crippen LogP contribution is -2.11. The first-order chi connectivity index (χ1) is 9.60. The number of nitrogens with zero attached hydrogens (tertiary/aromatic N) is 4. The van der Waals surface area contributed by atoms with Gasteiger partial charge in [-0.15, -0.1) is 0 Å². The molecule has 102 valence electrons. The van der Waals surface area contributed by atoms with E-state index >= 15 is 0 Å². The third-order valence-electron chi connectivity index (χ3n) is 3.08. The Labute approximate surface area is 119 Å². The topological polar surface area (TPSA) is 52.8 Å². The average molecular weight is 266 g/mol. The first-order valence-corrected chi connectivity index (χ1v) is 6.65. The first-order valence-electron chi connectivity index (χ1n) is 6.65. The molecule has 20 heavy (non-hydrogen) atoms. The average Bonchev–Trinajstić information content (AvgIpc) is 2.47. The van der Waals surface area contributed by atoms with Gasteiger partial charge in [-0.25, -0.2) is 9.97 Å². The fourth-order valence-corrected chi connectivity index (χ4v) is 2.05. The summed E-state index contributed by atoms with van der Waals surface area (Å²) in [5.74, 6) is 1.37. The molecule has 1 aromatic carbocycles. The molecular formula is C16H18N4. The van der Waals surface area contributed by atoms with Gasteiger partial charge in [0.15, 0.2) is 0 Å². The molecule has 1 heterocycles. The van der Waals surface area contributed by atoms with Gasteiger partial charge in [0.2, 0.25) is 0 Å². The van der Waals surface area contributed by atoms with Crippen LogP contribution in [0.15, 0.2) is 36.7 Å². The number of nitriles is 1. The largest absolute Gasteiger partial charge is 0.329 e. The van der Waals surface area contributed by atoms with Crippen molar-refractivity contribution in [3.8, 4) is 6.07 Å². The molecule has 0 aliphatic carbocycles. The molecule has 1 aromatic heterocycles. The van der Waals surface area contributed by atoms with Gasteiger partial charge in [-0.05, 0) is 30.0 Å². The zero-order chi connectivity index (χ0) is 14.5. The summed E-state index contributed by atoms with van der Waals surface area (Å²) in [6.45, 7) is 4.43. The summed E-state index contributed by atoms with van der Waals surface area (Å²) in [6, 6.07) is 12.1. The molecule has 0 aliphatic rings. The normalized spacial score (nSPS) is 10.3. The zero-order valence-corrected chi connectivity index (χ0v) is 12.0. The van der Waals surface area contributed by atoms with E-state index in [0.29, 0.717) is 17.4 Å². The zero-order valence-electron chi connectivity index (χ0n) is 12.0. The molecule has 0 aliphatic heterocycles. The Morgan fingerprint density at radius 2 is 1.90 bits per heavy atom. The monoisotopic (exact) mass is 266 g/mol. The molecule has 0 amide bonds. The Kier molecular flexibility index (Phi) is 4.31. The molecule has 0 unspecified atom stereocenters. The number of anilines is 2. The number of hydrogen-bond donors (Lipinski definition) is 0. The molecule has 0 spiro atoms. The van der Waals surface area contributed by atoms with Crippen molar-refractivity contribution in [2.45, 2.75) is 20.3 Å². The number of aromatic nitrogens is 2. The Balaban J connectivity index is 2.20. The highest BCUT2D eigenvalue weighted by molar-refractivity contribution is 5.59. The van der Waals surface area contributed by atoms with Crippen LogP contribution >= 0.6 is 0 Å². The molecule has 0 saturated carbocycles. The SMILES string of the molecule is CC(C)Cc1ccc(N(C)c2cc(C#N)ncn2)cc1. The van der Waals surface area contributed by atoms with Crippen molar-refractivity contribution in [3.05, 3.63) is 47.9 Å². The molecule has 0 radical (unpaired) electrons. The van der Waals surface area contributed by atoms with E-state index < -0.39 is 0 Å². The van der Waals surface area contributed by atoms with Crippen LogP contribution < -0.4 is 4.90 Å². The van der Waals surface area contributed by atoms with E-state index in [1.165, 1.54) is 11.9 Å². The van der Waals surface area contributed by atoms with E-state index in [2.05, 4.69) is 48.1 Å². The fourth-order valence-electron chi connectivity index (χ4n) is 2.05. The summed E-state index contributed by atoms with van der Waals surface area (Å²) in [4.78, 5) is 10.0. The maximum absolute atomic E-state index is 8.88. The van der Waals surface area contributed by atoms with Crippen molar-refractivity contribution in [1.82, 2.24) is 9.97 Å². The van der Waals surface area contributed by atoms with Gasteiger partial charge < -0.3 is 4.90 Å². The molecule has 0 N–H and O–H groups in total. The summed E-state index contributed by atoms with van der Waals surface area (Å²) in [5.41, 5.74) is 2.75. The first kappa shape index (κ1) is 14.0. The van der Waals surface area contributed by atoms with E-state index in [0.717, 1.165) is 12.1 Å². The van der Waals surface area contributed by atoms with E-state index in [9.17, 15) is 0 Å². The van der Waals surface area contributed by atoms with Crippen molar-refractivity contribution >= 4 is 11.5 Å². The van der Waals surface area contributed by atoms with Gasteiger partial charge in [0.1, 0.15) is 23.9 Å². The molecule has 2 rings (SSSR count). The van der Waals surface area contributed by atoms with E-state index in [1.54, 1.807) is 6.07 Å². The van der Waals surface area contributed by atoms with Gasteiger partial charge in [-0.2, -0.15) is 5.26 Å². The molecule has 4 nitrogen and oxygen atoms in total. The molecule has 2 aromatic rings. The smallest absolute Gasteiger partial charge is 0.145 e. The lowest BCUT2D eigenvalue weighted by molar-refractivity contribution is 0.647. The Bertz CT molecular complexity index is 611. The molecule has 4 heteroatoms. The number of hydrogen-bond acceptors (Lipinski definition) is 4. The summed E-state index contributed by atoms with van der Waals surface area (Å²) >= 11 is 0. The summed E-state index contributed by atoms with van der Waals surface area (Å²) in [7, 11) is 1.93. The number of benzene rings is 1. The van der Waals surface area contributed by atoms with Gasteiger partial charge in [-0.3, -0.25) is 0 Å². The van der Waals surface area contributed by atoms with Crippen LogP contribution in [0.3, 0.4) is 0 Å². The molecule has 0 bridgehead atoms. The van der Waals surface area contributed by atoms with Crippen molar-refractivity contribution in [3.63, 3.8) is 0 Å². The van der Waals surface area contributed by atoms with Crippen molar-refractivity contribution in [1.29, 1.82) is 5.26 Å². The highest BCUT2D eigenvalue weighted by Crippen LogP contribution is 2.22. The van der Waals surface area contributed by atoms with Crippen molar-refractivity contribution < 1.29 is 0 Å². The summed E-state index contributed by atoms with van der Waals surface area (Å²) in [6.07, 6.45) is 2.49. The Morgan fingerprint density at radius 3 is 2.50 bits per heavy atom. The van der Waals surface area contributed by atoms with Crippen LogP contribution in [0.25, 0.3) is 0 Å². The highest BCUT2D eigenvalue weighted by Gasteiger charge is 2.07. The fraction of sp³-hybridized carbons (Fsp3) is 0.312. The second kappa shape index (κ2) is 6.16. The predicted octanol–water partition coefficient (Wildman–Crippen LogP) is 3.31.